The SMILES string of the molecule is CN(C)c1cccc2c(S(=O)(=O)NCCOS(C)(=O)=O)cccc12. The first-order valence-electron chi connectivity index (χ1n) is 7.15. The Labute approximate surface area is 142 Å². The highest BCUT2D eigenvalue weighted by atomic mass is 32.2. The van der Waals surface area contributed by atoms with Gasteiger partial charge in [-0.2, -0.15) is 8.42 Å². The molecule has 7 nitrogen and oxygen atoms in total. The average Bonchev–Trinajstić information content (AvgIpc) is 2.49. The largest absolute Gasteiger partial charge is 0.377 e. The van der Waals surface area contributed by atoms with Gasteiger partial charge in [0.15, 0.2) is 0 Å². The molecule has 2 aromatic rings. The second-order valence-corrected chi connectivity index (χ2v) is 8.83. The molecular formula is C15H20N2O5S2. The van der Waals surface area contributed by atoms with Crippen LogP contribution in [0, 0.1) is 0 Å². The van der Waals surface area contributed by atoms with Crippen LogP contribution in [0.3, 0.4) is 0 Å². The summed E-state index contributed by atoms with van der Waals surface area (Å²) in [5.41, 5.74) is 0.907. The number of nitrogens with zero attached hydrogens (tertiary/aromatic N) is 1. The van der Waals surface area contributed by atoms with Crippen LogP contribution in [-0.2, 0) is 24.3 Å². The molecule has 0 aliphatic heterocycles. The highest BCUT2D eigenvalue weighted by molar-refractivity contribution is 7.89. The highest BCUT2D eigenvalue weighted by Gasteiger charge is 2.18. The lowest BCUT2D eigenvalue weighted by Gasteiger charge is -2.17. The summed E-state index contributed by atoms with van der Waals surface area (Å²) >= 11 is 0. The van der Waals surface area contributed by atoms with Crippen molar-refractivity contribution in [1.29, 1.82) is 0 Å². The first-order valence-corrected chi connectivity index (χ1v) is 10.4. The maximum atomic E-state index is 12.5. The molecule has 0 aromatic heterocycles. The van der Waals surface area contributed by atoms with Gasteiger partial charge in [0.2, 0.25) is 10.0 Å². The molecule has 132 valence electrons. The lowest BCUT2D eigenvalue weighted by molar-refractivity contribution is 0.326. The molecule has 0 fully saturated rings. The fourth-order valence-corrected chi connectivity index (χ4v) is 3.95. The molecule has 0 atom stereocenters. The van der Waals surface area contributed by atoms with E-state index in [9.17, 15) is 16.8 Å². The fourth-order valence-electron chi connectivity index (χ4n) is 2.34. The molecule has 2 aromatic carbocycles. The van der Waals surface area contributed by atoms with Gasteiger partial charge in [0.25, 0.3) is 10.1 Å². The summed E-state index contributed by atoms with van der Waals surface area (Å²) in [5, 5.41) is 1.41. The van der Waals surface area contributed by atoms with Crippen LogP contribution in [-0.4, -0.2) is 50.3 Å². The van der Waals surface area contributed by atoms with Crippen molar-refractivity contribution in [1.82, 2.24) is 4.72 Å². The lowest BCUT2D eigenvalue weighted by Crippen LogP contribution is -2.28. The number of benzene rings is 2. The van der Waals surface area contributed by atoms with Crippen molar-refractivity contribution in [3.05, 3.63) is 36.4 Å². The van der Waals surface area contributed by atoms with Crippen LogP contribution >= 0.6 is 0 Å². The third-order valence-corrected chi connectivity index (χ3v) is 5.44. The van der Waals surface area contributed by atoms with Gasteiger partial charge in [-0.3, -0.25) is 4.18 Å². The van der Waals surface area contributed by atoms with Crippen molar-refractivity contribution >= 4 is 36.6 Å². The quantitative estimate of drug-likeness (QED) is 0.579. The van der Waals surface area contributed by atoms with Crippen molar-refractivity contribution in [3.63, 3.8) is 0 Å². The van der Waals surface area contributed by atoms with Crippen LogP contribution in [0.2, 0.25) is 0 Å². The Bertz CT molecular complexity index is 937. The van der Waals surface area contributed by atoms with E-state index < -0.39 is 20.1 Å². The molecule has 0 unspecified atom stereocenters. The standard InChI is InChI=1S/C15H20N2O5S2/c1-17(2)14-8-4-7-13-12(14)6-5-9-15(13)24(20,21)16-10-11-22-23(3,18)19/h4-9,16H,10-11H2,1-3H3. The Balaban J connectivity index is 2.32. The topological polar surface area (TPSA) is 92.8 Å². The van der Waals surface area contributed by atoms with Gasteiger partial charge >= 0.3 is 0 Å². The minimum absolute atomic E-state index is 0.140. The molecule has 0 saturated carbocycles. The minimum atomic E-state index is -3.79. The summed E-state index contributed by atoms with van der Waals surface area (Å²) in [5.74, 6) is 0. The molecule has 1 N–H and O–H groups in total. The second-order valence-electron chi connectivity index (χ2n) is 5.45. The van der Waals surface area contributed by atoms with Gasteiger partial charge in [0, 0.05) is 37.1 Å². The monoisotopic (exact) mass is 372 g/mol. The summed E-state index contributed by atoms with van der Waals surface area (Å²) in [6.07, 6.45) is 0.912. The van der Waals surface area contributed by atoms with E-state index in [1.54, 1.807) is 18.2 Å². The zero-order valence-electron chi connectivity index (χ0n) is 13.7. The number of nitrogens with one attached hydrogen (secondary N) is 1. The van der Waals surface area contributed by atoms with Crippen LogP contribution in [0.25, 0.3) is 10.8 Å². The highest BCUT2D eigenvalue weighted by Crippen LogP contribution is 2.29. The molecule has 24 heavy (non-hydrogen) atoms. The van der Waals surface area contributed by atoms with Crippen LogP contribution < -0.4 is 9.62 Å². The van der Waals surface area contributed by atoms with Crippen LogP contribution in [0.5, 0.6) is 0 Å². The number of sulfonamides is 1. The molecule has 0 bridgehead atoms. The van der Waals surface area contributed by atoms with Crippen molar-refractivity contribution in [2.24, 2.45) is 0 Å². The van der Waals surface area contributed by atoms with Gasteiger partial charge in [0.1, 0.15) is 0 Å². The van der Waals surface area contributed by atoms with Gasteiger partial charge in [-0.1, -0.05) is 24.3 Å². The molecule has 0 spiro atoms. The summed E-state index contributed by atoms with van der Waals surface area (Å²) in [6, 6.07) is 10.5. The van der Waals surface area contributed by atoms with Gasteiger partial charge in [0.05, 0.1) is 17.8 Å². The maximum Gasteiger partial charge on any atom is 0.264 e. The van der Waals surface area contributed by atoms with Gasteiger partial charge < -0.3 is 4.90 Å². The third kappa shape index (κ3) is 4.44. The average molecular weight is 372 g/mol. The van der Waals surface area contributed by atoms with E-state index in [0.29, 0.717) is 5.39 Å². The van der Waals surface area contributed by atoms with Crippen molar-refractivity contribution < 1.29 is 21.0 Å². The van der Waals surface area contributed by atoms with E-state index in [4.69, 9.17) is 0 Å². The Hall–Kier alpha value is -1.68. The van der Waals surface area contributed by atoms with Crippen LogP contribution in [0.15, 0.2) is 41.3 Å². The molecule has 9 heteroatoms. The Kier molecular flexibility index (Phi) is 5.49. The van der Waals surface area contributed by atoms with E-state index in [2.05, 4.69) is 8.91 Å². The van der Waals surface area contributed by atoms with Crippen LogP contribution in [0.4, 0.5) is 5.69 Å². The van der Waals surface area contributed by atoms with Crippen molar-refractivity contribution in [3.8, 4) is 0 Å². The molecule has 0 heterocycles. The van der Waals surface area contributed by atoms with Gasteiger partial charge in [-0.15, -0.1) is 0 Å². The van der Waals surface area contributed by atoms with Crippen molar-refractivity contribution in [2.45, 2.75) is 4.90 Å². The van der Waals surface area contributed by atoms with E-state index >= 15 is 0 Å². The summed E-state index contributed by atoms with van der Waals surface area (Å²) in [7, 11) is -3.62. The molecular weight excluding hydrogens is 352 g/mol. The van der Waals surface area contributed by atoms with Crippen LogP contribution in [0.1, 0.15) is 0 Å². The van der Waals surface area contributed by atoms with Gasteiger partial charge in [-0.25, -0.2) is 13.1 Å². The smallest absolute Gasteiger partial charge is 0.264 e. The number of anilines is 1. The predicted octanol–water partition coefficient (Wildman–Crippen LogP) is 1.16. The predicted molar refractivity (Wildman–Crippen MR) is 94.3 cm³/mol. The molecule has 0 aliphatic rings. The summed E-state index contributed by atoms with van der Waals surface area (Å²) < 4.78 is 53.7. The Morgan fingerprint density at radius 1 is 1.00 bits per heavy atom. The van der Waals surface area contributed by atoms with Gasteiger partial charge in [-0.05, 0) is 12.1 Å². The minimum Gasteiger partial charge on any atom is -0.377 e. The summed E-state index contributed by atoms with van der Waals surface area (Å²) in [6.45, 7) is -0.398. The number of hydrogen-bond donors (Lipinski definition) is 1. The lowest BCUT2D eigenvalue weighted by atomic mass is 10.1. The normalized spacial score (nSPS) is 12.5. The van der Waals surface area contributed by atoms with E-state index in [0.717, 1.165) is 17.3 Å². The molecule has 0 radical (unpaired) electrons. The zero-order chi connectivity index (χ0) is 18.0. The number of fused-ring (bicyclic) bond motifs is 1. The first-order chi connectivity index (χ1) is 11.1. The van der Waals surface area contributed by atoms with Crippen molar-refractivity contribution in [2.75, 3.05) is 38.4 Å². The molecule has 2 rings (SSSR count). The fraction of sp³-hybridized carbons (Fsp3) is 0.333. The Morgan fingerprint density at radius 3 is 2.25 bits per heavy atom. The van der Waals surface area contributed by atoms with E-state index in [1.165, 1.54) is 6.07 Å². The third-order valence-electron chi connectivity index (χ3n) is 3.32. The number of rotatable bonds is 7. The maximum absolute atomic E-state index is 12.5. The molecule has 0 aliphatic carbocycles. The van der Waals surface area contributed by atoms with E-state index in [1.807, 2.05) is 31.1 Å². The first kappa shape index (κ1) is 18.7. The second kappa shape index (κ2) is 7.06. The summed E-state index contributed by atoms with van der Waals surface area (Å²) in [4.78, 5) is 2.05. The molecule has 0 saturated heterocycles. The van der Waals surface area contributed by atoms with E-state index in [-0.39, 0.29) is 18.0 Å². The number of hydrogen-bond acceptors (Lipinski definition) is 6. The molecule has 0 amide bonds. The zero-order valence-corrected chi connectivity index (χ0v) is 15.3. The Morgan fingerprint density at radius 2 is 1.62 bits per heavy atom.